The zero-order valence-corrected chi connectivity index (χ0v) is 12.3. The first-order valence-electron chi connectivity index (χ1n) is 7.01. The maximum atomic E-state index is 9.55. The van der Waals surface area contributed by atoms with Crippen LogP contribution in [0.4, 0.5) is 0 Å². The fourth-order valence-electron chi connectivity index (χ4n) is 2.99. The molecule has 0 heterocycles. The molecule has 0 spiro atoms. The first kappa shape index (κ1) is 14.4. The molecule has 1 saturated carbocycles. The van der Waals surface area contributed by atoms with Crippen molar-refractivity contribution in [2.45, 2.75) is 32.7 Å². The second kappa shape index (κ2) is 5.93. The number of aryl methyl sites for hydroxylation is 1. The highest BCUT2D eigenvalue weighted by molar-refractivity contribution is 5.36. The van der Waals surface area contributed by atoms with Gasteiger partial charge >= 0.3 is 0 Å². The summed E-state index contributed by atoms with van der Waals surface area (Å²) in [6, 6.07) is 6.29. The molecular formula is C16H25NO2. The summed E-state index contributed by atoms with van der Waals surface area (Å²) in [5.41, 5.74) is 2.62. The Morgan fingerprint density at radius 3 is 2.63 bits per heavy atom. The van der Waals surface area contributed by atoms with Gasteiger partial charge in [-0.3, -0.25) is 0 Å². The van der Waals surface area contributed by atoms with Gasteiger partial charge < -0.3 is 14.7 Å². The summed E-state index contributed by atoms with van der Waals surface area (Å²) in [4.78, 5) is 2.30. The van der Waals surface area contributed by atoms with Crippen molar-refractivity contribution in [1.82, 2.24) is 4.90 Å². The Bertz CT molecular complexity index is 421. The van der Waals surface area contributed by atoms with Gasteiger partial charge in [-0.05, 0) is 32.9 Å². The molecule has 1 aliphatic carbocycles. The molecule has 3 nitrogen and oxygen atoms in total. The quantitative estimate of drug-likeness (QED) is 0.856. The van der Waals surface area contributed by atoms with Crippen LogP contribution in [0.15, 0.2) is 18.2 Å². The third-order valence-corrected chi connectivity index (χ3v) is 4.23. The van der Waals surface area contributed by atoms with Crippen molar-refractivity contribution in [3.05, 3.63) is 29.3 Å². The van der Waals surface area contributed by atoms with Gasteiger partial charge in [0.1, 0.15) is 5.75 Å². The fraction of sp³-hybridized carbons (Fsp3) is 0.625. The van der Waals surface area contributed by atoms with Crippen LogP contribution in [0.2, 0.25) is 0 Å². The van der Waals surface area contributed by atoms with Crippen LogP contribution in [0.5, 0.6) is 5.75 Å². The molecule has 1 aromatic carbocycles. The van der Waals surface area contributed by atoms with E-state index in [0.717, 1.165) is 31.7 Å². The molecule has 0 aromatic heterocycles. The van der Waals surface area contributed by atoms with Crippen LogP contribution in [-0.2, 0) is 6.54 Å². The lowest BCUT2D eigenvalue weighted by atomic mass is 9.69. The monoisotopic (exact) mass is 263 g/mol. The molecule has 0 atom stereocenters. The van der Waals surface area contributed by atoms with E-state index in [9.17, 15) is 5.11 Å². The van der Waals surface area contributed by atoms with E-state index in [1.807, 2.05) is 6.07 Å². The van der Waals surface area contributed by atoms with Crippen LogP contribution >= 0.6 is 0 Å². The molecule has 19 heavy (non-hydrogen) atoms. The van der Waals surface area contributed by atoms with Gasteiger partial charge in [-0.1, -0.05) is 24.1 Å². The Kier molecular flexibility index (Phi) is 4.48. The summed E-state index contributed by atoms with van der Waals surface area (Å²) in [7, 11) is 3.84. The number of aliphatic hydroxyl groups excluding tert-OH is 1. The van der Waals surface area contributed by atoms with Crippen molar-refractivity contribution in [2.24, 2.45) is 5.41 Å². The first-order chi connectivity index (χ1) is 9.08. The normalized spacial score (nSPS) is 17.3. The second-order valence-corrected chi connectivity index (χ2v) is 6.00. The third-order valence-electron chi connectivity index (χ3n) is 4.23. The van der Waals surface area contributed by atoms with E-state index in [1.165, 1.54) is 17.5 Å². The topological polar surface area (TPSA) is 32.7 Å². The maximum absolute atomic E-state index is 9.55. The first-order valence-corrected chi connectivity index (χ1v) is 7.01. The van der Waals surface area contributed by atoms with Crippen molar-refractivity contribution < 1.29 is 9.84 Å². The van der Waals surface area contributed by atoms with Gasteiger partial charge in [0.2, 0.25) is 0 Å². The minimum Gasteiger partial charge on any atom is -0.496 e. The average Bonchev–Trinajstić information content (AvgIpc) is 2.34. The summed E-state index contributed by atoms with van der Waals surface area (Å²) in [6.07, 6.45) is 3.56. The van der Waals surface area contributed by atoms with E-state index < -0.39 is 0 Å². The highest BCUT2D eigenvalue weighted by Crippen LogP contribution is 2.41. The molecule has 0 bridgehead atoms. The number of hydrogen-bond acceptors (Lipinski definition) is 3. The van der Waals surface area contributed by atoms with Gasteiger partial charge in [-0.15, -0.1) is 0 Å². The maximum Gasteiger partial charge on any atom is 0.123 e. The Morgan fingerprint density at radius 1 is 1.37 bits per heavy atom. The van der Waals surface area contributed by atoms with Gasteiger partial charge in [-0.25, -0.2) is 0 Å². The lowest BCUT2D eigenvalue weighted by molar-refractivity contribution is 0.0126. The van der Waals surface area contributed by atoms with Crippen LogP contribution in [0.25, 0.3) is 0 Å². The molecule has 0 radical (unpaired) electrons. The van der Waals surface area contributed by atoms with Crippen LogP contribution in [-0.4, -0.2) is 37.3 Å². The smallest absolute Gasteiger partial charge is 0.123 e. The standard InChI is InChI=1S/C16H25NO2/c1-13-5-6-15(19-3)14(9-13)10-17(2)11-16(12-18)7-4-8-16/h5-6,9,18H,4,7-8,10-12H2,1-3H3. The summed E-state index contributed by atoms with van der Waals surface area (Å²) in [5, 5.41) is 9.55. The lowest BCUT2D eigenvalue weighted by Crippen LogP contribution is -2.43. The molecule has 106 valence electrons. The molecule has 1 aliphatic rings. The zero-order valence-electron chi connectivity index (χ0n) is 12.3. The van der Waals surface area contributed by atoms with Crippen LogP contribution in [0, 0.1) is 12.3 Å². The Labute approximate surface area is 116 Å². The van der Waals surface area contributed by atoms with Crippen LogP contribution < -0.4 is 4.74 Å². The summed E-state index contributed by atoms with van der Waals surface area (Å²) < 4.78 is 5.42. The SMILES string of the molecule is COc1ccc(C)cc1CN(C)CC1(CO)CCC1. The summed E-state index contributed by atoms with van der Waals surface area (Å²) >= 11 is 0. The fourth-order valence-corrected chi connectivity index (χ4v) is 2.99. The minimum absolute atomic E-state index is 0.145. The summed E-state index contributed by atoms with van der Waals surface area (Å²) in [5.74, 6) is 0.948. The van der Waals surface area contributed by atoms with Gasteiger partial charge in [-0.2, -0.15) is 0 Å². The number of nitrogens with zero attached hydrogens (tertiary/aromatic N) is 1. The van der Waals surface area contributed by atoms with Crippen molar-refractivity contribution >= 4 is 0 Å². The van der Waals surface area contributed by atoms with E-state index in [4.69, 9.17) is 4.74 Å². The molecule has 1 aromatic rings. The van der Waals surface area contributed by atoms with Gasteiger partial charge in [0.15, 0.2) is 0 Å². The molecule has 1 N–H and O–H groups in total. The van der Waals surface area contributed by atoms with Crippen molar-refractivity contribution in [3.8, 4) is 5.75 Å². The third kappa shape index (κ3) is 3.28. The van der Waals surface area contributed by atoms with E-state index >= 15 is 0 Å². The average molecular weight is 263 g/mol. The van der Waals surface area contributed by atoms with Crippen molar-refractivity contribution in [3.63, 3.8) is 0 Å². The Morgan fingerprint density at radius 2 is 2.11 bits per heavy atom. The van der Waals surface area contributed by atoms with Gasteiger partial charge in [0, 0.05) is 30.7 Å². The molecule has 0 aliphatic heterocycles. The Balaban J connectivity index is 2.02. The molecule has 3 heteroatoms. The molecule has 0 saturated heterocycles. The number of rotatable bonds is 6. The minimum atomic E-state index is 0.145. The number of ether oxygens (including phenoxy) is 1. The number of methoxy groups -OCH3 is 1. The second-order valence-electron chi connectivity index (χ2n) is 6.00. The van der Waals surface area contributed by atoms with E-state index in [2.05, 4.69) is 31.0 Å². The predicted octanol–water partition coefficient (Wildman–Crippen LogP) is 2.60. The number of hydrogen-bond donors (Lipinski definition) is 1. The van der Waals surface area contributed by atoms with Crippen molar-refractivity contribution in [1.29, 1.82) is 0 Å². The lowest BCUT2D eigenvalue weighted by Gasteiger charge is -2.43. The Hall–Kier alpha value is -1.06. The predicted molar refractivity (Wildman–Crippen MR) is 77.4 cm³/mol. The largest absolute Gasteiger partial charge is 0.496 e. The summed E-state index contributed by atoms with van der Waals surface area (Å²) in [6.45, 7) is 4.24. The highest BCUT2D eigenvalue weighted by atomic mass is 16.5. The van der Waals surface area contributed by atoms with Crippen molar-refractivity contribution in [2.75, 3.05) is 27.3 Å². The molecule has 2 rings (SSSR count). The number of aliphatic hydroxyl groups is 1. The molecule has 0 unspecified atom stereocenters. The molecular weight excluding hydrogens is 238 g/mol. The van der Waals surface area contributed by atoms with E-state index in [-0.39, 0.29) is 5.41 Å². The van der Waals surface area contributed by atoms with E-state index in [0.29, 0.717) is 6.61 Å². The van der Waals surface area contributed by atoms with Crippen LogP contribution in [0.3, 0.4) is 0 Å². The van der Waals surface area contributed by atoms with Crippen LogP contribution in [0.1, 0.15) is 30.4 Å². The molecule has 0 amide bonds. The number of benzene rings is 1. The molecule has 1 fully saturated rings. The van der Waals surface area contributed by atoms with Gasteiger partial charge in [0.25, 0.3) is 0 Å². The highest BCUT2D eigenvalue weighted by Gasteiger charge is 2.37. The zero-order chi connectivity index (χ0) is 13.9. The van der Waals surface area contributed by atoms with E-state index in [1.54, 1.807) is 7.11 Å². The van der Waals surface area contributed by atoms with Gasteiger partial charge in [0.05, 0.1) is 7.11 Å².